The number of para-hydroxylation sites is 4. The van der Waals surface area contributed by atoms with Crippen molar-refractivity contribution < 1.29 is 13.3 Å². The topological polar surface area (TPSA) is 42.7 Å². The lowest BCUT2D eigenvalue weighted by Crippen LogP contribution is -2.09. The van der Waals surface area contributed by atoms with Crippen LogP contribution in [0, 0.1) is 0 Å². The Bertz CT molecular complexity index is 3500. The third-order valence-corrected chi connectivity index (χ3v) is 11.2. The minimum Gasteiger partial charge on any atom is -0.456 e. The summed E-state index contributed by atoms with van der Waals surface area (Å²) in [6.07, 6.45) is 0. The fourth-order valence-electron chi connectivity index (χ4n) is 8.67. The Balaban J connectivity index is 1.01. The number of anilines is 3. The molecule has 0 amide bonds. The lowest BCUT2D eigenvalue weighted by atomic mass is 9.96. The summed E-state index contributed by atoms with van der Waals surface area (Å²) >= 11 is 0. The number of benzene rings is 9. The van der Waals surface area contributed by atoms with Gasteiger partial charge in [0, 0.05) is 66.6 Å². The third kappa shape index (κ3) is 4.66. The SMILES string of the molecule is c1ccc(N(c2ccc3ccccc3c2)c2ccc3c(c2)oc2c(-c4cccc5oc6c(-c7ccc8c(c7)oc7ccccc78)cccc6c45)cccc23)cc1. The standard InChI is InChI=1S/C52H31NO3/c1-2-13-35(14-3-1)53(36-25-23-32-11-4-5-12-33(32)29-36)37-26-28-41-43-18-9-19-44(52(43)56-49(41)31-37)42-17-10-22-47-50(42)45-20-8-16-38(51(45)55-47)34-24-27-40-39-15-6-7-21-46(39)54-48(40)30-34/h1-31H. The zero-order valence-electron chi connectivity index (χ0n) is 30.1. The number of fused-ring (bicyclic) bond motifs is 10. The van der Waals surface area contributed by atoms with Gasteiger partial charge in [-0.3, -0.25) is 0 Å². The minimum absolute atomic E-state index is 0.832. The summed E-state index contributed by atoms with van der Waals surface area (Å²) < 4.78 is 19.9. The molecule has 0 saturated carbocycles. The van der Waals surface area contributed by atoms with Crippen molar-refractivity contribution in [2.75, 3.05) is 4.90 Å². The van der Waals surface area contributed by atoms with Crippen LogP contribution < -0.4 is 4.90 Å². The van der Waals surface area contributed by atoms with Gasteiger partial charge in [-0.25, -0.2) is 0 Å². The molecule has 9 aromatic carbocycles. The molecule has 0 N–H and O–H groups in total. The van der Waals surface area contributed by atoms with Gasteiger partial charge in [0.05, 0.1) is 0 Å². The van der Waals surface area contributed by atoms with Crippen molar-refractivity contribution in [3.05, 3.63) is 188 Å². The maximum absolute atomic E-state index is 6.90. The van der Waals surface area contributed by atoms with Gasteiger partial charge in [-0.1, -0.05) is 121 Å². The van der Waals surface area contributed by atoms with E-state index in [9.17, 15) is 0 Å². The molecular formula is C52H31NO3. The van der Waals surface area contributed by atoms with Crippen LogP contribution in [0.15, 0.2) is 201 Å². The molecule has 0 aliphatic rings. The Morgan fingerprint density at radius 2 is 0.911 bits per heavy atom. The Morgan fingerprint density at radius 1 is 0.304 bits per heavy atom. The smallest absolute Gasteiger partial charge is 0.143 e. The van der Waals surface area contributed by atoms with Gasteiger partial charge >= 0.3 is 0 Å². The van der Waals surface area contributed by atoms with E-state index < -0.39 is 0 Å². The first-order chi connectivity index (χ1) is 27.7. The average molecular weight is 718 g/mol. The second-order valence-electron chi connectivity index (χ2n) is 14.4. The highest BCUT2D eigenvalue weighted by molar-refractivity contribution is 6.19. The van der Waals surface area contributed by atoms with E-state index in [0.29, 0.717) is 0 Å². The molecule has 12 aromatic rings. The first kappa shape index (κ1) is 30.9. The Morgan fingerprint density at radius 3 is 1.84 bits per heavy atom. The quantitative estimate of drug-likeness (QED) is 0.178. The van der Waals surface area contributed by atoms with Gasteiger partial charge in [-0.2, -0.15) is 0 Å². The molecule has 0 bridgehead atoms. The van der Waals surface area contributed by atoms with E-state index in [-0.39, 0.29) is 0 Å². The van der Waals surface area contributed by atoms with E-state index in [1.54, 1.807) is 0 Å². The van der Waals surface area contributed by atoms with Gasteiger partial charge in [0.25, 0.3) is 0 Å². The van der Waals surface area contributed by atoms with Gasteiger partial charge < -0.3 is 18.2 Å². The van der Waals surface area contributed by atoms with Gasteiger partial charge in [-0.05, 0) is 82.6 Å². The number of hydrogen-bond acceptors (Lipinski definition) is 4. The molecule has 0 unspecified atom stereocenters. The molecule has 3 aromatic heterocycles. The first-order valence-corrected chi connectivity index (χ1v) is 18.9. The van der Waals surface area contributed by atoms with Gasteiger partial charge in [0.2, 0.25) is 0 Å². The van der Waals surface area contributed by atoms with E-state index in [4.69, 9.17) is 13.3 Å². The second kappa shape index (κ2) is 12.0. The summed E-state index contributed by atoms with van der Waals surface area (Å²) in [5.74, 6) is 0. The van der Waals surface area contributed by atoms with E-state index in [2.05, 4.69) is 175 Å². The van der Waals surface area contributed by atoms with E-state index >= 15 is 0 Å². The Labute approximate surface area is 321 Å². The third-order valence-electron chi connectivity index (χ3n) is 11.2. The van der Waals surface area contributed by atoms with Gasteiger partial charge in [0.1, 0.15) is 33.5 Å². The van der Waals surface area contributed by atoms with Crippen LogP contribution in [0.3, 0.4) is 0 Å². The molecule has 0 fully saturated rings. The normalized spacial score (nSPS) is 11.9. The fraction of sp³-hybridized carbons (Fsp3) is 0. The Kier molecular flexibility index (Phi) is 6.60. The molecule has 0 atom stereocenters. The van der Waals surface area contributed by atoms with Crippen molar-refractivity contribution in [3.8, 4) is 22.3 Å². The summed E-state index contributed by atoms with van der Waals surface area (Å²) in [6.45, 7) is 0. The van der Waals surface area contributed by atoms with Gasteiger partial charge in [-0.15, -0.1) is 0 Å². The predicted molar refractivity (Wildman–Crippen MR) is 231 cm³/mol. The number of rotatable bonds is 5. The van der Waals surface area contributed by atoms with Crippen molar-refractivity contribution in [2.45, 2.75) is 0 Å². The van der Waals surface area contributed by atoms with Crippen LogP contribution in [0.2, 0.25) is 0 Å². The molecule has 0 spiro atoms. The van der Waals surface area contributed by atoms with Crippen molar-refractivity contribution in [2.24, 2.45) is 0 Å². The fourth-order valence-corrected chi connectivity index (χ4v) is 8.67. The van der Waals surface area contributed by atoms with Crippen LogP contribution in [-0.4, -0.2) is 0 Å². The minimum atomic E-state index is 0.832. The summed E-state index contributed by atoms with van der Waals surface area (Å²) in [4.78, 5) is 2.29. The average Bonchev–Trinajstić information content (AvgIpc) is 3.95. The molecular weight excluding hydrogens is 687 g/mol. The highest BCUT2D eigenvalue weighted by Gasteiger charge is 2.21. The monoisotopic (exact) mass is 717 g/mol. The molecule has 262 valence electrons. The summed E-state index contributed by atoms with van der Waals surface area (Å²) in [7, 11) is 0. The maximum atomic E-state index is 6.90. The number of hydrogen-bond donors (Lipinski definition) is 0. The molecule has 0 radical (unpaired) electrons. The van der Waals surface area contributed by atoms with Gasteiger partial charge in [0.15, 0.2) is 0 Å². The zero-order valence-corrected chi connectivity index (χ0v) is 30.1. The van der Waals surface area contributed by atoms with E-state index in [1.165, 1.54) is 10.8 Å². The molecule has 3 heterocycles. The van der Waals surface area contributed by atoms with E-state index in [0.717, 1.165) is 105 Å². The number of furan rings is 3. The molecule has 4 heteroatoms. The second-order valence-corrected chi connectivity index (χ2v) is 14.4. The van der Waals surface area contributed by atoms with Crippen molar-refractivity contribution in [1.82, 2.24) is 0 Å². The molecule has 4 nitrogen and oxygen atoms in total. The van der Waals surface area contributed by atoms with Crippen molar-refractivity contribution >= 4 is 93.7 Å². The van der Waals surface area contributed by atoms with Crippen LogP contribution in [-0.2, 0) is 0 Å². The van der Waals surface area contributed by atoms with E-state index in [1.807, 2.05) is 18.2 Å². The lowest BCUT2D eigenvalue weighted by molar-refractivity contribution is 0.668. The molecule has 0 saturated heterocycles. The number of nitrogens with zero attached hydrogens (tertiary/aromatic N) is 1. The van der Waals surface area contributed by atoms with Crippen LogP contribution in [0.25, 0.3) is 98.8 Å². The largest absolute Gasteiger partial charge is 0.456 e. The van der Waals surface area contributed by atoms with Crippen LogP contribution in [0.1, 0.15) is 0 Å². The molecule has 12 rings (SSSR count). The summed E-state index contributed by atoms with van der Waals surface area (Å²) in [6, 6.07) is 65.9. The van der Waals surface area contributed by atoms with Crippen LogP contribution in [0.4, 0.5) is 17.1 Å². The lowest BCUT2D eigenvalue weighted by Gasteiger charge is -2.25. The van der Waals surface area contributed by atoms with Crippen LogP contribution in [0.5, 0.6) is 0 Å². The van der Waals surface area contributed by atoms with Crippen molar-refractivity contribution in [1.29, 1.82) is 0 Å². The highest BCUT2D eigenvalue weighted by Crippen LogP contribution is 2.45. The van der Waals surface area contributed by atoms with Crippen molar-refractivity contribution in [3.63, 3.8) is 0 Å². The summed E-state index contributed by atoms with van der Waals surface area (Å²) in [5.41, 5.74) is 12.5. The summed E-state index contributed by atoms with van der Waals surface area (Å²) in [5, 5.41) is 8.91. The zero-order chi connectivity index (χ0) is 36.7. The first-order valence-electron chi connectivity index (χ1n) is 18.9. The highest BCUT2D eigenvalue weighted by atomic mass is 16.3. The Hall–Kier alpha value is -7.56. The maximum Gasteiger partial charge on any atom is 0.143 e. The molecule has 0 aliphatic heterocycles. The van der Waals surface area contributed by atoms with Crippen LogP contribution >= 0.6 is 0 Å². The predicted octanol–water partition coefficient (Wildman–Crippen LogP) is 15.3. The molecule has 56 heavy (non-hydrogen) atoms. The molecule has 0 aliphatic carbocycles.